The summed E-state index contributed by atoms with van der Waals surface area (Å²) in [5.74, 6) is -1.10. The van der Waals surface area contributed by atoms with E-state index in [0.29, 0.717) is 49.4 Å². The van der Waals surface area contributed by atoms with E-state index in [2.05, 4.69) is 5.10 Å². The highest BCUT2D eigenvalue weighted by molar-refractivity contribution is 6.01. The number of hydrogen-bond donors (Lipinski definition) is 1. The number of pyridine rings is 1. The number of aromatic nitrogens is 2. The van der Waals surface area contributed by atoms with Crippen molar-refractivity contribution < 1.29 is 23.4 Å². The number of fused-ring (bicyclic) bond motifs is 1. The molecule has 4 heterocycles. The summed E-state index contributed by atoms with van der Waals surface area (Å²) in [7, 11) is 0. The van der Waals surface area contributed by atoms with Crippen molar-refractivity contribution in [2.24, 2.45) is 0 Å². The number of rotatable bonds is 4. The van der Waals surface area contributed by atoms with Gasteiger partial charge in [0.1, 0.15) is 11.6 Å². The Labute approximate surface area is 183 Å². The molecule has 2 aromatic heterocycles. The molecular weight excluding hydrogens is 418 g/mol. The lowest BCUT2D eigenvalue weighted by Crippen LogP contribution is -2.50. The van der Waals surface area contributed by atoms with Gasteiger partial charge in [-0.1, -0.05) is 0 Å². The third-order valence-electron chi connectivity index (χ3n) is 6.34. The number of benzene rings is 1. The van der Waals surface area contributed by atoms with Gasteiger partial charge in [0.05, 0.1) is 49.2 Å². The number of aliphatic hydroxyl groups excluding tert-OH is 1. The number of anilines is 1. The molecular formula is C23H24F2N4O3. The predicted molar refractivity (Wildman–Crippen MR) is 114 cm³/mol. The lowest BCUT2D eigenvalue weighted by atomic mass is 10.0. The van der Waals surface area contributed by atoms with Gasteiger partial charge < -0.3 is 19.6 Å². The van der Waals surface area contributed by atoms with Crippen LogP contribution in [0.15, 0.2) is 42.7 Å². The molecule has 2 fully saturated rings. The van der Waals surface area contributed by atoms with E-state index in [1.54, 1.807) is 15.6 Å². The summed E-state index contributed by atoms with van der Waals surface area (Å²) in [5, 5.41) is 13.9. The van der Waals surface area contributed by atoms with Gasteiger partial charge in [0.15, 0.2) is 0 Å². The zero-order valence-corrected chi connectivity index (χ0v) is 17.5. The van der Waals surface area contributed by atoms with Crippen LogP contribution in [0.2, 0.25) is 0 Å². The van der Waals surface area contributed by atoms with Gasteiger partial charge in [-0.25, -0.2) is 13.3 Å². The van der Waals surface area contributed by atoms with Gasteiger partial charge in [-0.2, -0.15) is 5.10 Å². The number of ether oxygens (including phenoxy) is 1. The van der Waals surface area contributed by atoms with Crippen molar-refractivity contribution in [1.29, 1.82) is 0 Å². The first-order valence-corrected chi connectivity index (χ1v) is 10.8. The molecule has 1 amide bonds. The summed E-state index contributed by atoms with van der Waals surface area (Å²) >= 11 is 0. The van der Waals surface area contributed by atoms with E-state index in [9.17, 15) is 18.7 Å². The van der Waals surface area contributed by atoms with Gasteiger partial charge in [-0.05, 0) is 43.2 Å². The van der Waals surface area contributed by atoms with E-state index in [4.69, 9.17) is 4.74 Å². The number of carbonyl (C=O) groups excluding carboxylic acids is 1. The van der Waals surface area contributed by atoms with Crippen LogP contribution in [0, 0.1) is 11.6 Å². The molecule has 0 aliphatic carbocycles. The minimum atomic E-state index is -0.462. The highest BCUT2D eigenvalue weighted by Crippen LogP contribution is 2.38. The third kappa shape index (κ3) is 3.61. The van der Waals surface area contributed by atoms with Crippen LogP contribution in [0.25, 0.3) is 5.52 Å². The Hall–Kier alpha value is -3.04. The van der Waals surface area contributed by atoms with Crippen molar-refractivity contribution in [3.05, 3.63) is 65.5 Å². The van der Waals surface area contributed by atoms with Gasteiger partial charge in [-0.15, -0.1) is 0 Å². The van der Waals surface area contributed by atoms with E-state index in [0.717, 1.165) is 24.2 Å². The zero-order chi connectivity index (χ0) is 22.2. The largest absolute Gasteiger partial charge is 0.394 e. The van der Waals surface area contributed by atoms with E-state index >= 15 is 0 Å². The third-order valence-corrected chi connectivity index (χ3v) is 6.34. The van der Waals surface area contributed by atoms with E-state index < -0.39 is 17.7 Å². The van der Waals surface area contributed by atoms with Crippen molar-refractivity contribution in [2.45, 2.75) is 24.9 Å². The van der Waals surface area contributed by atoms with E-state index in [-0.39, 0.29) is 18.6 Å². The van der Waals surface area contributed by atoms with Crippen LogP contribution in [0.4, 0.5) is 14.5 Å². The maximum absolute atomic E-state index is 14.5. The van der Waals surface area contributed by atoms with Crippen LogP contribution in [-0.4, -0.2) is 64.5 Å². The van der Waals surface area contributed by atoms with Crippen LogP contribution >= 0.6 is 0 Å². The lowest BCUT2D eigenvalue weighted by Gasteiger charge is -2.34. The molecule has 1 N–H and O–H groups in total. The summed E-state index contributed by atoms with van der Waals surface area (Å²) in [6.07, 6.45) is 4.85. The molecule has 0 saturated carbocycles. The van der Waals surface area contributed by atoms with E-state index in [1.807, 2.05) is 17.0 Å². The maximum atomic E-state index is 14.5. The average Bonchev–Trinajstić information content (AvgIpc) is 3.47. The number of aliphatic hydroxyl groups is 1. The number of hydrogen-bond acceptors (Lipinski definition) is 5. The minimum Gasteiger partial charge on any atom is -0.394 e. The molecule has 2 atom stereocenters. The first-order chi connectivity index (χ1) is 15.6. The Morgan fingerprint density at radius 2 is 2.09 bits per heavy atom. The van der Waals surface area contributed by atoms with E-state index in [1.165, 1.54) is 12.3 Å². The Balaban J connectivity index is 1.49. The number of amides is 1. The number of halogens is 2. The molecule has 32 heavy (non-hydrogen) atoms. The summed E-state index contributed by atoms with van der Waals surface area (Å²) in [6.45, 7) is 1.63. The van der Waals surface area contributed by atoms with Crippen molar-refractivity contribution >= 4 is 17.1 Å². The second-order valence-electron chi connectivity index (χ2n) is 8.20. The van der Waals surface area contributed by atoms with Gasteiger partial charge in [0, 0.05) is 30.5 Å². The fraction of sp³-hybridized carbons (Fsp3) is 0.391. The molecule has 3 aromatic rings. The van der Waals surface area contributed by atoms with Crippen LogP contribution in [0.5, 0.6) is 0 Å². The molecule has 168 valence electrons. The fourth-order valence-electron chi connectivity index (χ4n) is 4.71. The summed E-state index contributed by atoms with van der Waals surface area (Å²) in [6, 6.07) is 6.61. The smallest absolute Gasteiger partial charge is 0.258 e. The molecule has 7 nitrogen and oxygen atoms in total. The molecule has 2 aliphatic rings. The number of morpholine rings is 1. The highest BCUT2D eigenvalue weighted by atomic mass is 19.1. The normalized spacial score (nSPS) is 21.5. The Morgan fingerprint density at radius 1 is 1.22 bits per heavy atom. The fourth-order valence-corrected chi connectivity index (χ4v) is 4.71. The maximum Gasteiger partial charge on any atom is 0.258 e. The van der Waals surface area contributed by atoms with Crippen molar-refractivity contribution in [1.82, 2.24) is 14.5 Å². The first kappa shape index (κ1) is 20.8. The van der Waals surface area contributed by atoms with Crippen molar-refractivity contribution in [2.75, 3.05) is 37.8 Å². The molecule has 1 aromatic carbocycles. The zero-order valence-electron chi connectivity index (χ0n) is 17.5. The van der Waals surface area contributed by atoms with Crippen LogP contribution < -0.4 is 4.90 Å². The Bertz CT molecular complexity index is 1150. The van der Waals surface area contributed by atoms with Crippen molar-refractivity contribution in [3.63, 3.8) is 0 Å². The number of nitrogens with zero attached hydrogens (tertiary/aromatic N) is 4. The predicted octanol–water partition coefficient (Wildman–Crippen LogP) is 2.79. The summed E-state index contributed by atoms with van der Waals surface area (Å²) in [4.78, 5) is 16.9. The standard InChI is InChI=1S/C23H24F2N4O3/c24-15-3-4-20(25)18(10-15)21-2-1-6-27(21)16-5-7-29-22(11-16)19(12-26-29)23(31)28-8-9-32-14-17(28)13-30/h3-5,7,10-12,17,21,30H,1-2,6,8-9,13-14H2. The van der Waals surface area contributed by atoms with Gasteiger partial charge >= 0.3 is 0 Å². The minimum absolute atomic E-state index is 0.176. The molecule has 2 saturated heterocycles. The SMILES string of the molecule is O=C(c1cnn2ccc(N3CCCC3c3cc(F)ccc3F)cc12)N1CCOCC1CO. The Kier molecular flexibility index (Phi) is 5.52. The second-order valence-corrected chi connectivity index (χ2v) is 8.20. The molecule has 9 heteroatoms. The molecule has 0 radical (unpaired) electrons. The van der Waals surface area contributed by atoms with Crippen LogP contribution in [-0.2, 0) is 4.74 Å². The van der Waals surface area contributed by atoms with Crippen LogP contribution in [0.1, 0.15) is 34.8 Å². The monoisotopic (exact) mass is 442 g/mol. The van der Waals surface area contributed by atoms with Gasteiger partial charge in [0.2, 0.25) is 0 Å². The average molecular weight is 442 g/mol. The van der Waals surface area contributed by atoms with Gasteiger partial charge in [-0.3, -0.25) is 4.79 Å². The van der Waals surface area contributed by atoms with Crippen LogP contribution in [0.3, 0.4) is 0 Å². The topological polar surface area (TPSA) is 70.3 Å². The summed E-state index contributed by atoms with van der Waals surface area (Å²) < 4.78 is 35.3. The second kappa shape index (κ2) is 8.48. The first-order valence-electron chi connectivity index (χ1n) is 10.8. The number of carbonyl (C=O) groups is 1. The lowest BCUT2D eigenvalue weighted by molar-refractivity contribution is -0.0183. The summed E-state index contributed by atoms with van der Waals surface area (Å²) in [5.41, 5.74) is 2.21. The quantitative estimate of drug-likeness (QED) is 0.673. The molecule has 0 spiro atoms. The molecule has 5 rings (SSSR count). The molecule has 2 aliphatic heterocycles. The highest BCUT2D eigenvalue weighted by Gasteiger charge is 2.31. The van der Waals surface area contributed by atoms with Gasteiger partial charge in [0.25, 0.3) is 5.91 Å². The van der Waals surface area contributed by atoms with Crippen molar-refractivity contribution in [3.8, 4) is 0 Å². The molecule has 0 bridgehead atoms. The molecule has 2 unspecified atom stereocenters. The Morgan fingerprint density at radius 3 is 2.94 bits per heavy atom.